The zero-order chi connectivity index (χ0) is 28.3. The topological polar surface area (TPSA) is 61.2 Å². The Kier molecular flexibility index (Phi) is 8.00. The minimum atomic E-state index is -0.185. The lowest BCUT2D eigenvalue weighted by molar-refractivity contribution is -0.122. The van der Waals surface area contributed by atoms with Gasteiger partial charge in [-0.2, -0.15) is 0 Å². The van der Waals surface area contributed by atoms with Crippen molar-refractivity contribution >= 4 is 51.7 Å². The number of amides is 1. The normalized spacial score (nSPS) is 17.2. The molecule has 2 aliphatic rings. The van der Waals surface area contributed by atoms with E-state index in [2.05, 4.69) is 34.1 Å². The van der Waals surface area contributed by atoms with E-state index < -0.39 is 0 Å². The van der Waals surface area contributed by atoms with Crippen molar-refractivity contribution in [2.24, 2.45) is 0 Å². The number of nitrogens with zero attached hydrogens (tertiary/aromatic N) is 5. The monoisotopic (exact) mass is 581 g/mol. The van der Waals surface area contributed by atoms with E-state index in [0.29, 0.717) is 39.2 Å². The van der Waals surface area contributed by atoms with Crippen molar-refractivity contribution in [2.75, 3.05) is 37.6 Å². The van der Waals surface area contributed by atoms with Crippen molar-refractivity contribution in [2.45, 2.75) is 19.9 Å². The molecule has 9 heteroatoms. The molecule has 4 aromatic rings. The molecule has 1 amide bonds. The summed E-state index contributed by atoms with van der Waals surface area (Å²) in [5.41, 5.74) is 4.22. The van der Waals surface area contributed by atoms with Gasteiger partial charge in [-0.25, -0.2) is 4.98 Å². The number of hydrogen-bond donors (Lipinski definition) is 0. The molecule has 2 aliphatic heterocycles. The maximum Gasteiger partial charge on any atom is 0.267 e. The van der Waals surface area contributed by atoms with Gasteiger partial charge in [-0.3, -0.25) is 23.8 Å². The van der Waals surface area contributed by atoms with Crippen molar-refractivity contribution in [1.82, 2.24) is 19.2 Å². The zero-order valence-electron chi connectivity index (χ0n) is 22.9. The van der Waals surface area contributed by atoms with Crippen LogP contribution in [0.15, 0.2) is 88.7 Å². The zero-order valence-corrected chi connectivity index (χ0v) is 24.5. The van der Waals surface area contributed by atoms with Gasteiger partial charge >= 0.3 is 0 Å². The molecule has 2 aromatic heterocycles. The predicted molar refractivity (Wildman–Crippen MR) is 170 cm³/mol. The highest BCUT2D eigenvalue weighted by molar-refractivity contribution is 8.26. The van der Waals surface area contributed by atoms with Crippen LogP contribution in [0.4, 0.5) is 5.82 Å². The molecule has 0 spiro atoms. The second-order valence-electron chi connectivity index (χ2n) is 10.4. The highest BCUT2D eigenvalue weighted by atomic mass is 32.2. The maximum atomic E-state index is 13.9. The lowest BCUT2D eigenvalue weighted by Gasteiger charge is -2.36. The summed E-state index contributed by atoms with van der Waals surface area (Å²) >= 11 is 6.84. The Balaban J connectivity index is 1.29. The number of benzene rings is 2. The molecule has 4 heterocycles. The molecule has 0 N–H and O–H groups in total. The standard InChI is InChI=1S/C32H31N5O2S2/c1-23-9-8-15-36-28(23)33-29(35-19-17-34(18-20-35)22-25-12-6-3-7-13-25)26(30(36)38)21-27-31(39)37(32(40)41-27)16-14-24-10-4-2-5-11-24/h2-13,15,21H,14,16-20,22H2,1H3. The summed E-state index contributed by atoms with van der Waals surface area (Å²) in [5.74, 6) is 0.460. The third-order valence-electron chi connectivity index (χ3n) is 7.60. The highest BCUT2D eigenvalue weighted by Gasteiger charge is 2.33. The van der Waals surface area contributed by atoms with Gasteiger partial charge in [0.05, 0.1) is 10.5 Å². The van der Waals surface area contributed by atoms with Crippen molar-refractivity contribution < 1.29 is 4.79 Å². The number of anilines is 1. The van der Waals surface area contributed by atoms with Gasteiger partial charge < -0.3 is 4.90 Å². The van der Waals surface area contributed by atoms with Crippen LogP contribution in [-0.4, -0.2) is 62.1 Å². The molecule has 41 heavy (non-hydrogen) atoms. The molecule has 0 saturated carbocycles. The maximum absolute atomic E-state index is 13.9. The fraction of sp³-hybridized carbons (Fsp3) is 0.250. The summed E-state index contributed by atoms with van der Waals surface area (Å²) in [5, 5.41) is 0. The van der Waals surface area contributed by atoms with Gasteiger partial charge in [-0.15, -0.1) is 0 Å². The summed E-state index contributed by atoms with van der Waals surface area (Å²) < 4.78 is 2.09. The van der Waals surface area contributed by atoms with E-state index in [1.165, 1.54) is 17.3 Å². The molecule has 0 radical (unpaired) electrons. The Morgan fingerprint density at radius 3 is 2.29 bits per heavy atom. The van der Waals surface area contributed by atoms with Crippen LogP contribution < -0.4 is 10.5 Å². The van der Waals surface area contributed by atoms with Crippen molar-refractivity contribution in [1.29, 1.82) is 0 Å². The first kappa shape index (κ1) is 27.4. The van der Waals surface area contributed by atoms with Gasteiger partial charge in [0.25, 0.3) is 11.5 Å². The summed E-state index contributed by atoms with van der Waals surface area (Å²) in [6, 6.07) is 24.3. The third kappa shape index (κ3) is 5.84. The Bertz CT molecular complexity index is 1680. The van der Waals surface area contributed by atoms with Gasteiger partial charge in [0.2, 0.25) is 0 Å². The van der Waals surface area contributed by atoms with Crippen molar-refractivity contribution in [3.63, 3.8) is 0 Å². The first-order chi connectivity index (χ1) is 20.0. The molecule has 2 aromatic carbocycles. The molecule has 2 saturated heterocycles. The van der Waals surface area contributed by atoms with E-state index in [1.54, 1.807) is 21.6 Å². The molecule has 6 rings (SSSR count). The number of hydrogen-bond acceptors (Lipinski definition) is 7. The second-order valence-corrected chi connectivity index (χ2v) is 12.0. The average Bonchev–Trinajstić information content (AvgIpc) is 3.26. The number of aryl methyl sites for hydroxylation is 1. The largest absolute Gasteiger partial charge is 0.353 e. The fourth-order valence-corrected chi connectivity index (χ4v) is 6.63. The number of fused-ring (bicyclic) bond motifs is 1. The Hall–Kier alpha value is -3.79. The smallest absolute Gasteiger partial charge is 0.267 e. The SMILES string of the molecule is Cc1cccn2c(=O)c(C=C3SC(=S)N(CCc4ccccc4)C3=O)c(N3CCN(Cc4ccccc4)CC3)nc12. The van der Waals surface area contributed by atoms with Crippen LogP contribution in [0.1, 0.15) is 22.3 Å². The number of thioether (sulfide) groups is 1. The number of aromatic nitrogens is 2. The van der Waals surface area contributed by atoms with Gasteiger partial charge in [0.15, 0.2) is 0 Å². The summed E-state index contributed by atoms with van der Waals surface area (Å²) in [6.45, 7) is 6.52. The van der Waals surface area contributed by atoms with E-state index in [1.807, 2.05) is 55.5 Å². The van der Waals surface area contributed by atoms with E-state index >= 15 is 0 Å². The molecule has 0 aliphatic carbocycles. The minimum Gasteiger partial charge on any atom is -0.353 e. The Labute approximate surface area is 249 Å². The quantitative estimate of drug-likeness (QED) is 0.230. The highest BCUT2D eigenvalue weighted by Crippen LogP contribution is 2.34. The Morgan fingerprint density at radius 1 is 0.902 bits per heavy atom. The molecule has 2 fully saturated rings. The van der Waals surface area contributed by atoms with Gasteiger partial charge in [-0.05, 0) is 42.2 Å². The van der Waals surface area contributed by atoms with Crippen LogP contribution in [0.5, 0.6) is 0 Å². The van der Waals surface area contributed by atoms with Crippen LogP contribution in [0.2, 0.25) is 0 Å². The van der Waals surface area contributed by atoms with Crippen molar-refractivity contribution in [3.8, 4) is 0 Å². The van der Waals surface area contributed by atoms with Crippen LogP contribution in [-0.2, 0) is 17.8 Å². The van der Waals surface area contributed by atoms with E-state index in [-0.39, 0.29) is 11.5 Å². The number of rotatable bonds is 7. The molecule has 0 unspecified atom stereocenters. The molecule has 208 valence electrons. The van der Waals surface area contributed by atoms with Crippen LogP contribution in [0.3, 0.4) is 0 Å². The number of pyridine rings is 1. The van der Waals surface area contributed by atoms with Gasteiger partial charge in [0.1, 0.15) is 15.8 Å². The van der Waals surface area contributed by atoms with Crippen LogP contribution >= 0.6 is 24.0 Å². The van der Waals surface area contributed by atoms with Gasteiger partial charge in [-0.1, -0.05) is 90.7 Å². The first-order valence-corrected chi connectivity index (χ1v) is 15.0. The fourth-order valence-electron chi connectivity index (χ4n) is 5.34. The number of piperazine rings is 1. The molecule has 0 bridgehead atoms. The Morgan fingerprint density at radius 2 is 1.59 bits per heavy atom. The van der Waals surface area contributed by atoms with Crippen LogP contribution in [0, 0.1) is 6.92 Å². The minimum absolute atomic E-state index is 0.164. The molecule has 0 atom stereocenters. The predicted octanol–water partition coefficient (Wildman–Crippen LogP) is 4.77. The first-order valence-electron chi connectivity index (χ1n) is 13.8. The summed E-state index contributed by atoms with van der Waals surface area (Å²) in [6.07, 6.45) is 4.15. The molecular formula is C32H31N5O2S2. The third-order valence-corrected chi connectivity index (χ3v) is 8.98. The van der Waals surface area contributed by atoms with Crippen molar-refractivity contribution in [3.05, 3.63) is 117 Å². The van der Waals surface area contributed by atoms with E-state index in [4.69, 9.17) is 17.2 Å². The average molecular weight is 582 g/mol. The number of carbonyl (C=O) groups excluding carboxylic acids is 1. The van der Waals surface area contributed by atoms with Crippen LogP contribution in [0.25, 0.3) is 11.7 Å². The van der Waals surface area contributed by atoms with E-state index in [9.17, 15) is 9.59 Å². The molecular weight excluding hydrogens is 551 g/mol. The molecule has 7 nitrogen and oxygen atoms in total. The lowest BCUT2D eigenvalue weighted by Crippen LogP contribution is -2.47. The van der Waals surface area contributed by atoms with Gasteiger partial charge in [0, 0.05) is 45.5 Å². The summed E-state index contributed by atoms with van der Waals surface area (Å²) in [7, 11) is 0. The number of carbonyl (C=O) groups is 1. The number of thiocarbonyl (C=S) groups is 1. The second kappa shape index (κ2) is 12.0. The summed E-state index contributed by atoms with van der Waals surface area (Å²) in [4.78, 5) is 39.1. The lowest BCUT2D eigenvalue weighted by atomic mass is 10.1. The van der Waals surface area contributed by atoms with E-state index in [0.717, 1.165) is 43.9 Å².